The van der Waals surface area contributed by atoms with Crippen molar-refractivity contribution in [2.45, 2.75) is 12.8 Å². The van der Waals surface area contributed by atoms with Crippen LogP contribution >= 0.6 is 0 Å². The Hall–Kier alpha value is -2.11. The minimum absolute atomic E-state index is 0.0673. The SMILES string of the molecule is COC(=O)CCCNC(=O)c1ccc(N)cc1F. The van der Waals surface area contributed by atoms with E-state index in [0.29, 0.717) is 6.42 Å². The van der Waals surface area contributed by atoms with Crippen molar-refractivity contribution >= 4 is 17.6 Å². The Morgan fingerprint density at radius 1 is 1.44 bits per heavy atom. The van der Waals surface area contributed by atoms with Crippen molar-refractivity contribution in [1.82, 2.24) is 5.32 Å². The van der Waals surface area contributed by atoms with Gasteiger partial charge in [0.05, 0.1) is 12.7 Å². The minimum atomic E-state index is -0.666. The summed E-state index contributed by atoms with van der Waals surface area (Å²) >= 11 is 0. The summed E-state index contributed by atoms with van der Waals surface area (Å²) in [7, 11) is 1.30. The lowest BCUT2D eigenvalue weighted by Gasteiger charge is -2.06. The summed E-state index contributed by atoms with van der Waals surface area (Å²) < 4.78 is 17.8. The van der Waals surface area contributed by atoms with Gasteiger partial charge < -0.3 is 15.8 Å². The van der Waals surface area contributed by atoms with E-state index in [1.54, 1.807) is 0 Å². The fourth-order valence-electron chi connectivity index (χ4n) is 1.35. The molecule has 6 heteroatoms. The molecule has 5 nitrogen and oxygen atoms in total. The number of nitrogens with one attached hydrogen (secondary N) is 1. The molecule has 0 fully saturated rings. The summed E-state index contributed by atoms with van der Waals surface area (Å²) in [6.45, 7) is 0.276. The molecule has 98 valence electrons. The average molecular weight is 254 g/mol. The number of ether oxygens (including phenoxy) is 1. The number of halogens is 1. The van der Waals surface area contributed by atoms with Crippen molar-refractivity contribution in [1.29, 1.82) is 0 Å². The number of benzene rings is 1. The van der Waals surface area contributed by atoms with Crippen LogP contribution in [-0.2, 0) is 9.53 Å². The molecule has 0 aliphatic rings. The Labute approximate surface area is 104 Å². The number of carbonyl (C=O) groups is 2. The van der Waals surface area contributed by atoms with Crippen LogP contribution in [0, 0.1) is 5.82 Å². The van der Waals surface area contributed by atoms with Gasteiger partial charge in [-0.1, -0.05) is 0 Å². The summed E-state index contributed by atoms with van der Waals surface area (Å²) in [5.74, 6) is -1.54. The number of amides is 1. The normalized spacial score (nSPS) is 9.89. The molecule has 0 aliphatic carbocycles. The van der Waals surface area contributed by atoms with Gasteiger partial charge >= 0.3 is 5.97 Å². The first-order valence-electron chi connectivity index (χ1n) is 5.44. The van der Waals surface area contributed by atoms with Crippen LogP contribution in [-0.4, -0.2) is 25.5 Å². The summed E-state index contributed by atoms with van der Waals surface area (Å²) in [6, 6.07) is 3.86. The fourth-order valence-corrected chi connectivity index (χ4v) is 1.35. The molecular weight excluding hydrogens is 239 g/mol. The zero-order chi connectivity index (χ0) is 13.5. The summed E-state index contributed by atoms with van der Waals surface area (Å²) in [5.41, 5.74) is 5.57. The number of hydrogen-bond donors (Lipinski definition) is 2. The lowest BCUT2D eigenvalue weighted by molar-refractivity contribution is -0.140. The van der Waals surface area contributed by atoms with Crippen LogP contribution in [0.4, 0.5) is 10.1 Å². The van der Waals surface area contributed by atoms with Crippen LogP contribution in [0.2, 0.25) is 0 Å². The lowest BCUT2D eigenvalue weighted by atomic mass is 10.2. The first-order valence-corrected chi connectivity index (χ1v) is 5.44. The smallest absolute Gasteiger partial charge is 0.305 e. The second kappa shape index (κ2) is 6.58. The van der Waals surface area contributed by atoms with Crippen LogP contribution in [0.1, 0.15) is 23.2 Å². The number of carbonyl (C=O) groups excluding carboxylic acids is 2. The number of anilines is 1. The van der Waals surface area contributed by atoms with Crippen LogP contribution < -0.4 is 11.1 Å². The second-order valence-corrected chi connectivity index (χ2v) is 3.67. The van der Waals surface area contributed by atoms with E-state index < -0.39 is 11.7 Å². The molecule has 0 unspecified atom stereocenters. The molecule has 0 atom stereocenters. The molecule has 0 aliphatic heterocycles. The number of rotatable bonds is 5. The van der Waals surface area contributed by atoms with E-state index in [2.05, 4.69) is 10.1 Å². The van der Waals surface area contributed by atoms with E-state index in [0.717, 1.165) is 6.07 Å². The number of nitrogen functional groups attached to an aromatic ring is 1. The topological polar surface area (TPSA) is 81.4 Å². The maximum atomic E-state index is 13.4. The Kier molecular flexibility index (Phi) is 5.10. The highest BCUT2D eigenvalue weighted by molar-refractivity contribution is 5.94. The largest absolute Gasteiger partial charge is 0.469 e. The maximum absolute atomic E-state index is 13.4. The summed E-state index contributed by atoms with van der Waals surface area (Å²) in [4.78, 5) is 22.4. The predicted octanol–water partition coefficient (Wildman–Crippen LogP) is 1.09. The zero-order valence-electron chi connectivity index (χ0n) is 10.0. The van der Waals surface area contributed by atoms with E-state index in [9.17, 15) is 14.0 Å². The number of nitrogens with two attached hydrogens (primary N) is 1. The Bertz CT molecular complexity index is 449. The highest BCUT2D eigenvalue weighted by Crippen LogP contribution is 2.11. The van der Waals surface area contributed by atoms with Gasteiger partial charge in [-0.25, -0.2) is 4.39 Å². The van der Waals surface area contributed by atoms with Gasteiger partial charge in [-0.2, -0.15) is 0 Å². The molecule has 0 bridgehead atoms. The third-order valence-electron chi connectivity index (χ3n) is 2.31. The zero-order valence-corrected chi connectivity index (χ0v) is 10.0. The second-order valence-electron chi connectivity index (χ2n) is 3.67. The number of hydrogen-bond acceptors (Lipinski definition) is 4. The lowest BCUT2D eigenvalue weighted by Crippen LogP contribution is -2.25. The van der Waals surface area contributed by atoms with Gasteiger partial charge in [0.2, 0.25) is 0 Å². The van der Waals surface area contributed by atoms with Crippen LogP contribution in [0.5, 0.6) is 0 Å². The molecular formula is C12H15FN2O3. The molecule has 0 saturated heterocycles. The van der Waals surface area contributed by atoms with Crippen LogP contribution in [0.25, 0.3) is 0 Å². The number of methoxy groups -OCH3 is 1. The fraction of sp³-hybridized carbons (Fsp3) is 0.333. The van der Waals surface area contributed by atoms with Gasteiger partial charge in [0.25, 0.3) is 5.91 Å². The molecule has 0 radical (unpaired) electrons. The Morgan fingerprint density at radius 2 is 2.17 bits per heavy atom. The maximum Gasteiger partial charge on any atom is 0.305 e. The van der Waals surface area contributed by atoms with Gasteiger partial charge in [-0.05, 0) is 24.6 Å². The van der Waals surface area contributed by atoms with Gasteiger partial charge in [0.1, 0.15) is 5.82 Å². The molecule has 1 rings (SSSR count). The van der Waals surface area contributed by atoms with Crippen molar-refractivity contribution in [3.05, 3.63) is 29.6 Å². The molecule has 0 saturated carbocycles. The van der Waals surface area contributed by atoms with Crippen molar-refractivity contribution in [2.24, 2.45) is 0 Å². The van der Waals surface area contributed by atoms with Crippen molar-refractivity contribution in [2.75, 3.05) is 19.4 Å². The van der Waals surface area contributed by atoms with Crippen molar-refractivity contribution in [3.8, 4) is 0 Å². The molecule has 0 heterocycles. The molecule has 1 aromatic carbocycles. The monoisotopic (exact) mass is 254 g/mol. The van der Waals surface area contributed by atoms with Gasteiger partial charge in [0.15, 0.2) is 0 Å². The molecule has 0 aromatic heterocycles. The van der Waals surface area contributed by atoms with E-state index in [4.69, 9.17) is 5.73 Å². The number of esters is 1. The highest BCUT2D eigenvalue weighted by Gasteiger charge is 2.11. The molecule has 3 N–H and O–H groups in total. The van der Waals surface area contributed by atoms with E-state index in [1.165, 1.54) is 19.2 Å². The standard InChI is InChI=1S/C12H15FN2O3/c1-18-11(16)3-2-6-15-12(17)9-5-4-8(14)7-10(9)13/h4-5,7H,2-3,6,14H2,1H3,(H,15,17). The van der Waals surface area contributed by atoms with Crippen molar-refractivity contribution in [3.63, 3.8) is 0 Å². The van der Waals surface area contributed by atoms with Gasteiger partial charge in [-0.15, -0.1) is 0 Å². The van der Waals surface area contributed by atoms with E-state index in [-0.39, 0.29) is 30.2 Å². The molecule has 0 spiro atoms. The first kappa shape index (κ1) is 14.0. The summed E-state index contributed by atoms with van der Waals surface area (Å²) in [6.07, 6.45) is 0.649. The molecule has 1 amide bonds. The third kappa shape index (κ3) is 4.04. The van der Waals surface area contributed by atoms with E-state index in [1.807, 2.05) is 0 Å². The first-order chi connectivity index (χ1) is 8.54. The Morgan fingerprint density at radius 3 is 2.78 bits per heavy atom. The average Bonchev–Trinajstić information content (AvgIpc) is 2.34. The molecule has 1 aromatic rings. The van der Waals surface area contributed by atoms with E-state index >= 15 is 0 Å². The minimum Gasteiger partial charge on any atom is -0.469 e. The van der Waals surface area contributed by atoms with Gasteiger partial charge in [0, 0.05) is 18.7 Å². The predicted molar refractivity (Wildman–Crippen MR) is 64.4 cm³/mol. The van der Waals surface area contributed by atoms with Gasteiger partial charge in [-0.3, -0.25) is 9.59 Å². The third-order valence-corrected chi connectivity index (χ3v) is 2.31. The Balaban J connectivity index is 2.43. The van der Waals surface area contributed by atoms with Crippen LogP contribution in [0.3, 0.4) is 0 Å². The highest BCUT2D eigenvalue weighted by atomic mass is 19.1. The van der Waals surface area contributed by atoms with Crippen molar-refractivity contribution < 1.29 is 18.7 Å². The van der Waals surface area contributed by atoms with Crippen LogP contribution in [0.15, 0.2) is 18.2 Å². The summed E-state index contributed by atoms with van der Waals surface area (Å²) in [5, 5.41) is 2.51. The quantitative estimate of drug-likeness (QED) is 0.468. The molecule has 18 heavy (non-hydrogen) atoms.